The number of halogens is 1. The van der Waals surface area contributed by atoms with Crippen LogP contribution in [0.1, 0.15) is 16.1 Å². The highest BCUT2D eigenvalue weighted by Crippen LogP contribution is 2.09. The second kappa shape index (κ2) is 4.53. The number of hydrogen-bond donors (Lipinski definition) is 2. The number of aromatic nitrogens is 2. The number of furan rings is 1. The Morgan fingerprint density at radius 1 is 1.50 bits per heavy atom. The largest absolute Gasteiger partial charge is 0.478 e. The number of nitrogens with one attached hydrogen (secondary N) is 1. The molecule has 94 valence electrons. The molecule has 0 saturated heterocycles. The molecular formula is C10H7ClN2O5. The van der Waals surface area contributed by atoms with E-state index < -0.39 is 17.2 Å². The van der Waals surface area contributed by atoms with E-state index in [0.29, 0.717) is 0 Å². The summed E-state index contributed by atoms with van der Waals surface area (Å²) in [4.78, 5) is 35.1. The lowest BCUT2D eigenvalue weighted by Crippen LogP contribution is -2.29. The second-order valence-corrected chi connectivity index (χ2v) is 3.88. The summed E-state index contributed by atoms with van der Waals surface area (Å²) in [6.07, 6.45) is 2.22. The van der Waals surface area contributed by atoms with Crippen LogP contribution >= 0.6 is 11.6 Å². The van der Waals surface area contributed by atoms with Crippen LogP contribution in [-0.4, -0.2) is 20.6 Å². The van der Waals surface area contributed by atoms with Crippen molar-refractivity contribution in [3.8, 4) is 0 Å². The Labute approximate surface area is 104 Å². The van der Waals surface area contributed by atoms with Crippen molar-refractivity contribution in [1.29, 1.82) is 0 Å². The average molecular weight is 271 g/mol. The maximum absolute atomic E-state index is 11.4. The molecule has 7 nitrogen and oxygen atoms in total. The topological polar surface area (TPSA) is 105 Å². The summed E-state index contributed by atoms with van der Waals surface area (Å²) in [6, 6.07) is 1.29. The van der Waals surface area contributed by atoms with Crippen molar-refractivity contribution in [3.05, 3.63) is 55.7 Å². The second-order valence-electron chi connectivity index (χ2n) is 3.47. The Bertz CT molecular complexity index is 712. The standard InChI is InChI=1S/C10H7ClN2O5/c11-7-3-13(10(17)12-8(7)14)2-6-1-5(4-18-6)9(15)16/h1,3-4H,2H2,(H,15,16)(H,12,14,17). The lowest BCUT2D eigenvalue weighted by Gasteiger charge is -2.01. The van der Waals surface area contributed by atoms with Gasteiger partial charge >= 0.3 is 11.7 Å². The molecule has 2 heterocycles. The molecule has 2 N–H and O–H groups in total. The summed E-state index contributed by atoms with van der Waals surface area (Å²) < 4.78 is 6.08. The number of rotatable bonds is 3. The average Bonchev–Trinajstić information content (AvgIpc) is 2.74. The number of aromatic carboxylic acids is 1. The maximum Gasteiger partial charge on any atom is 0.338 e. The number of aromatic amines is 1. The van der Waals surface area contributed by atoms with Crippen molar-refractivity contribution >= 4 is 17.6 Å². The number of H-pyrrole nitrogens is 1. The molecule has 0 spiro atoms. The number of nitrogens with zero attached hydrogens (tertiary/aromatic N) is 1. The predicted octanol–water partition coefficient (Wildman–Crippen LogP) is 0.529. The van der Waals surface area contributed by atoms with E-state index in [1.54, 1.807) is 0 Å². The van der Waals surface area contributed by atoms with Gasteiger partial charge in [0.2, 0.25) is 0 Å². The molecule has 0 bridgehead atoms. The van der Waals surface area contributed by atoms with Gasteiger partial charge in [-0.3, -0.25) is 14.3 Å². The zero-order valence-electron chi connectivity index (χ0n) is 8.84. The Hall–Kier alpha value is -2.28. The first-order chi connectivity index (χ1) is 8.47. The molecule has 2 aromatic heterocycles. The van der Waals surface area contributed by atoms with E-state index in [1.807, 2.05) is 4.98 Å². The Morgan fingerprint density at radius 3 is 2.83 bits per heavy atom. The van der Waals surface area contributed by atoms with Crippen LogP contribution in [0.4, 0.5) is 0 Å². The molecule has 0 aromatic carbocycles. The molecule has 2 rings (SSSR count). The summed E-state index contributed by atoms with van der Waals surface area (Å²) in [7, 11) is 0. The first-order valence-electron chi connectivity index (χ1n) is 4.77. The van der Waals surface area contributed by atoms with E-state index in [1.165, 1.54) is 6.07 Å². The van der Waals surface area contributed by atoms with E-state index in [2.05, 4.69) is 0 Å². The number of carboxylic acids is 1. The van der Waals surface area contributed by atoms with Gasteiger partial charge in [0.25, 0.3) is 5.56 Å². The van der Waals surface area contributed by atoms with Crippen molar-refractivity contribution in [2.24, 2.45) is 0 Å². The van der Waals surface area contributed by atoms with Gasteiger partial charge in [-0.15, -0.1) is 0 Å². The highest BCUT2D eigenvalue weighted by Gasteiger charge is 2.10. The van der Waals surface area contributed by atoms with Crippen molar-refractivity contribution in [2.75, 3.05) is 0 Å². The Balaban J connectivity index is 2.34. The SMILES string of the molecule is O=C(O)c1coc(Cn2cc(Cl)c(=O)[nH]c2=O)c1. The first-order valence-corrected chi connectivity index (χ1v) is 5.15. The molecule has 0 radical (unpaired) electrons. The van der Waals surface area contributed by atoms with Crippen molar-refractivity contribution < 1.29 is 14.3 Å². The summed E-state index contributed by atoms with van der Waals surface area (Å²) in [6.45, 7) is -0.0252. The predicted molar refractivity (Wildman–Crippen MR) is 61.1 cm³/mol. The third-order valence-corrected chi connectivity index (χ3v) is 2.46. The van der Waals surface area contributed by atoms with Gasteiger partial charge in [-0.05, 0) is 6.07 Å². The number of carboxylic acid groups (broad SMARTS) is 1. The highest BCUT2D eigenvalue weighted by atomic mass is 35.5. The summed E-state index contributed by atoms with van der Waals surface area (Å²) >= 11 is 5.58. The quantitative estimate of drug-likeness (QED) is 0.846. The normalized spacial score (nSPS) is 10.5. The van der Waals surface area contributed by atoms with Crippen LogP contribution in [0, 0.1) is 0 Å². The van der Waals surface area contributed by atoms with Crippen LogP contribution in [0.5, 0.6) is 0 Å². The zero-order chi connectivity index (χ0) is 13.3. The van der Waals surface area contributed by atoms with Gasteiger partial charge in [0, 0.05) is 6.20 Å². The number of hydrogen-bond acceptors (Lipinski definition) is 4. The summed E-state index contributed by atoms with van der Waals surface area (Å²) in [5.41, 5.74) is -1.35. The Morgan fingerprint density at radius 2 is 2.22 bits per heavy atom. The molecule has 0 aliphatic rings. The minimum absolute atomic E-state index is 0.0198. The molecule has 2 aromatic rings. The van der Waals surface area contributed by atoms with Crippen LogP contribution in [0.3, 0.4) is 0 Å². The Kier molecular flexibility index (Phi) is 3.07. The van der Waals surface area contributed by atoms with Crippen LogP contribution in [0.2, 0.25) is 5.02 Å². The molecule has 0 amide bonds. The number of carbonyl (C=O) groups is 1. The van der Waals surface area contributed by atoms with E-state index in [4.69, 9.17) is 21.1 Å². The van der Waals surface area contributed by atoms with Crippen LogP contribution in [-0.2, 0) is 6.54 Å². The fourth-order valence-electron chi connectivity index (χ4n) is 1.34. The molecule has 0 aliphatic carbocycles. The third-order valence-electron chi connectivity index (χ3n) is 2.19. The monoisotopic (exact) mass is 270 g/mol. The lowest BCUT2D eigenvalue weighted by molar-refractivity contribution is 0.0696. The molecule has 0 saturated carbocycles. The van der Waals surface area contributed by atoms with Crippen LogP contribution in [0.25, 0.3) is 0 Å². The van der Waals surface area contributed by atoms with Crippen LogP contribution in [0.15, 0.2) is 32.5 Å². The molecule has 0 atom stereocenters. The van der Waals surface area contributed by atoms with Crippen molar-refractivity contribution in [1.82, 2.24) is 9.55 Å². The van der Waals surface area contributed by atoms with E-state index in [0.717, 1.165) is 17.0 Å². The van der Waals surface area contributed by atoms with Crippen LogP contribution < -0.4 is 11.2 Å². The van der Waals surface area contributed by atoms with Gasteiger partial charge in [-0.2, -0.15) is 0 Å². The first kappa shape index (κ1) is 12.2. The van der Waals surface area contributed by atoms with Gasteiger partial charge in [-0.1, -0.05) is 11.6 Å². The van der Waals surface area contributed by atoms with Gasteiger partial charge in [-0.25, -0.2) is 9.59 Å². The molecule has 8 heteroatoms. The summed E-state index contributed by atoms with van der Waals surface area (Å²) in [5.74, 6) is -0.866. The zero-order valence-corrected chi connectivity index (χ0v) is 9.60. The van der Waals surface area contributed by atoms with Crippen molar-refractivity contribution in [2.45, 2.75) is 6.54 Å². The molecular weight excluding hydrogens is 264 g/mol. The van der Waals surface area contributed by atoms with E-state index >= 15 is 0 Å². The van der Waals surface area contributed by atoms with Gasteiger partial charge in [0.15, 0.2) is 0 Å². The van der Waals surface area contributed by atoms with Gasteiger partial charge in [0.1, 0.15) is 17.0 Å². The van der Waals surface area contributed by atoms with E-state index in [9.17, 15) is 14.4 Å². The fourth-order valence-corrected chi connectivity index (χ4v) is 1.51. The smallest absolute Gasteiger partial charge is 0.338 e. The third kappa shape index (κ3) is 2.35. The molecule has 0 unspecified atom stereocenters. The van der Waals surface area contributed by atoms with E-state index in [-0.39, 0.29) is 22.9 Å². The van der Waals surface area contributed by atoms with Gasteiger partial charge < -0.3 is 9.52 Å². The highest BCUT2D eigenvalue weighted by molar-refractivity contribution is 6.30. The summed E-state index contributed by atoms with van der Waals surface area (Å²) in [5, 5.41) is 8.56. The van der Waals surface area contributed by atoms with Gasteiger partial charge in [0.05, 0.1) is 12.1 Å². The minimum Gasteiger partial charge on any atom is -0.478 e. The molecule has 18 heavy (non-hydrogen) atoms. The van der Waals surface area contributed by atoms with Crippen molar-refractivity contribution in [3.63, 3.8) is 0 Å². The molecule has 0 aliphatic heterocycles. The minimum atomic E-state index is -1.13. The fraction of sp³-hybridized carbons (Fsp3) is 0.100. The maximum atomic E-state index is 11.4. The lowest BCUT2D eigenvalue weighted by atomic mass is 10.3. The molecule has 0 fully saturated rings.